The number of hydrogen-bond donors (Lipinski definition) is 1. The fourth-order valence-electron chi connectivity index (χ4n) is 4.19. The lowest BCUT2D eigenvalue weighted by atomic mass is 9.96. The summed E-state index contributed by atoms with van der Waals surface area (Å²) in [5.74, 6) is 0.133. The van der Waals surface area contributed by atoms with Crippen LogP contribution in [0.25, 0.3) is 0 Å². The van der Waals surface area contributed by atoms with Crippen molar-refractivity contribution >= 4 is 11.9 Å². The molecule has 0 unspecified atom stereocenters. The van der Waals surface area contributed by atoms with E-state index in [1.54, 1.807) is 9.80 Å². The van der Waals surface area contributed by atoms with Crippen LogP contribution in [-0.2, 0) is 23.6 Å². The maximum Gasteiger partial charge on any atom is 0.421 e. The third-order valence-electron chi connectivity index (χ3n) is 6.37. The smallest absolute Gasteiger partial charge is 0.339 e. The van der Waals surface area contributed by atoms with Crippen molar-refractivity contribution in [3.05, 3.63) is 45.6 Å². The molecule has 1 N–H and O–H groups in total. The van der Waals surface area contributed by atoms with Crippen molar-refractivity contribution in [2.75, 3.05) is 31.1 Å². The molecule has 0 spiro atoms. The van der Waals surface area contributed by atoms with Gasteiger partial charge in [0.1, 0.15) is 5.56 Å². The summed E-state index contributed by atoms with van der Waals surface area (Å²) in [6, 6.07) is 0.739. The molecule has 0 radical (unpaired) electrons. The minimum Gasteiger partial charge on any atom is -0.339 e. The number of piperazine rings is 1. The molecule has 35 heavy (non-hydrogen) atoms. The summed E-state index contributed by atoms with van der Waals surface area (Å²) >= 11 is 0. The van der Waals surface area contributed by atoms with Gasteiger partial charge in [-0.15, -0.1) is 0 Å². The first-order valence-electron chi connectivity index (χ1n) is 11.0. The third kappa shape index (κ3) is 5.56. The van der Waals surface area contributed by atoms with Gasteiger partial charge in [0.25, 0.3) is 5.56 Å². The van der Waals surface area contributed by atoms with E-state index in [-0.39, 0.29) is 24.0 Å². The molecule has 1 amide bonds. The van der Waals surface area contributed by atoms with E-state index >= 15 is 0 Å². The highest BCUT2D eigenvalue weighted by atomic mass is 19.4. The van der Waals surface area contributed by atoms with Crippen molar-refractivity contribution in [3.8, 4) is 0 Å². The highest BCUT2D eigenvalue weighted by Gasteiger charge is 2.51. The average molecular weight is 504 g/mol. The lowest BCUT2D eigenvalue weighted by molar-refractivity contribution is -0.139. The molecule has 1 saturated heterocycles. The number of aromatic nitrogens is 4. The predicted octanol–water partition coefficient (Wildman–Crippen LogP) is 3.05. The molecule has 2 aliphatic rings. The molecule has 2 aromatic heterocycles. The molecule has 1 aliphatic heterocycles. The molecule has 14 heteroatoms. The average Bonchev–Trinajstić information content (AvgIpc) is 3.59. The predicted molar refractivity (Wildman–Crippen MR) is 110 cm³/mol. The lowest BCUT2D eigenvalue weighted by Gasteiger charge is -2.36. The molecule has 8 nitrogen and oxygen atoms in total. The van der Waals surface area contributed by atoms with Crippen LogP contribution >= 0.6 is 0 Å². The highest BCUT2D eigenvalue weighted by Crippen LogP contribution is 2.51. The van der Waals surface area contributed by atoms with Gasteiger partial charge >= 0.3 is 12.4 Å². The highest BCUT2D eigenvalue weighted by molar-refractivity contribution is 5.85. The zero-order chi connectivity index (χ0) is 25.4. The van der Waals surface area contributed by atoms with Gasteiger partial charge in [0, 0.05) is 44.0 Å². The Hall–Kier alpha value is -3.19. The zero-order valence-electron chi connectivity index (χ0n) is 18.4. The van der Waals surface area contributed by atoms with Gasteiger partial charge in [-0.2, -0.15) is 31.4 Å². The molecular formula is C21H22F6N6O2. The molecule has 190 valence electrons. The Morgan fingerprint density at radius 2 is 1.63 bits per heavy atom. The normalized spacial score (nSPS) is 18.0. The van der Waals surface area contributed by atoms with Gasteiger partial charge in [0.15, 0.2) is 0 Å². The lowest BCUT2D eigenvalue weighted by Crippen LogP contribution is -2.51. The number of amides is 1. The minimum absolute atomic E-state index is 0.0316. The van der Waals surface area contributed by atoms with E-state index in [9.17, 15) is 35.9 Å². The van der Waals surface area contributed by atoms with Crippen molar-refractivity contribution in [3.63, 3.8) is 0 Å². The summed E-state index contributed by atoms with van der Waals surface area (Å²) in [5, 5.41) is 5.54. The second kappa shape index (κ2) is 9.11. The number of rotatable bonds is 6. The van der Waals surface area contributed by atoms with Crippen molar-refractivity contribution in [1.82, 2.24) is 25.1 Å². The van der Waals surface area contributed by atoms with Gasteiger partial charge in [0.2, 0.25) is 11.9 Å². The molecule has 3 heterocycles. The molecule has 2 aromatic rings. The van der Waals surface area contributed by atoms with Crippen molar-refractivity contribution in [2.24, 2.45) is 5.41 Å². The number of hydrogen-bond acceptors (Lipinski definition) is 6. The van der Waals surface area contributed by atoms with E-state index < -0.39 is 34.5 Å². The summed E-state index contributed by atoms with van der Waals surface area (Å²) in [7, 11) is 0. The Bertz CT molecular complexity index is 1120. The number of carbonyl (C=O) groups excluding carboxylic acids is 1. The van der Waals surface area contributed by atoms with Gasteiger partial charge < -0.3 is 9.80 Å². The van der Waals surface area contributed by atoms with Crippen LogP contribution in [0.3, 0.4) is 0 Å². The first-order chi connectivity index (χ1) is 16.4. The number of anilines is 1. The topological polar surface area (TPSA) is 95.1 Å². The second-order valence-electron chi connectivity index (χ2n) is 8.78. The van der Waals surface area contributed by atoms with E-state index in [0.717, 1.165) is 18.5 Å². The van der Waals surface area contributed by atoms with E-state index in [4.69, 9.17) is 0 Å². The van der Waals surface area contributed by atoms with Crippen molar-refractivity contribution in [1.29, 1.82) is 0 Å². The van der Waals surface area contributed by atoms with Crippen LogP contribution in [-0.4, -0.2) is 57.2 Å². The molecule has 4 rings (SSSR count). The van der Waals surface area contributed by atoms with Crippen LogP contribution in [0.5, 0.6) is 0 Å². The first kappa shape index (κ1) is 24.9. The number of aryl methyl sites for hydroxylation is 1. The Morgan fingerprint density at radius 3 is 2.17 bits per heavy atom. The molecule has 0 bridgehead atoms. The number of alkyl halides is 6. The SMILES string of the molecule is O=C(N1CCN(c2ncc(C(F)(F)F)cn2)CC1)C1(CCCc2cc(C(F)(F)F)c(=O)[nH]n2)CC1. The van der Waals surface area contributed by atoms with E-state index in [1.807, 2.05) is 5.10 Å². The van der Waals surface area contributed by atoms with Gasteiger partial charge in [-0.05, 0) is 38.2 Å². The molecule has 1 saturated carbocycles. The first-order valence-corrected chi connectivity index (χ1v) is 11.0. The van der Waals surface area contributed by atoms with Crippen molar-refractivity contribution < 1.29 is 31.1 Å². The summed E-state index contributed by atoms with van der Waals surface area (Å²) in [4.78, 5) is 35.4. The second-order valence-corrected chi connectivity index (χ2v) is 8.78. The number of nitrogens with zero attached hydrogens (tertiary/aromatic N) is 5. The monoisotopic (exact) mass is 504 g/mol. The summed E-state index contributed by atoms with van der Waals surface area (Å²) in [6.45, 7) is 1.46. The quantitative estimate of drug-likeness (QED) is 0.608. The maximum absolute atomic E-state index is 13.1. The van der Waals surface area contributed by atoms with Crippen LogP contribution in [0.4, 0.5) is 32.3 Å². The molecular weight excluding hydrogens is 482 g/mol. The summed E-state index contributed by atoms with van der Waals surface area (Å²) in [6.07, 6.45) is -5.36. The van der Waals surface area contributed by atoms with Gasteiger partial charge in [-0.3, -0.25) is 9.59 Å². The van der Waals surface area contributed by atoms with Crippen LogP contribution in [0.15, 0.2) is 23.3 Å². The van der Waals surface area contributed by atoms with Gasteiger partial charge in [0.05, 0.1) is 11.3 Å². The van der Waals surface area contributed by atoms with E-state index in [0.29, 0.717) is 51.9 Å². The van der Waals surface area contributed by atoms with Crippen LogP contribution in [0, 0.1) is 5.41 Å². The number of H-pyrrole nitrogens is 1. The Kier molecular flexibility index (Phi) is 6.49. The molecule has 0 aromatic carbocycles. The van der Waals surface area contributed by atoms with E-state index in [1.165, 1.54) is 0 Å². The minimum atomic E-state index is -4.77. The largest absolute Gasteiger partial charge is 0.421 e. The molecule has 2 fully saturated rings. The number of carbonyl (C=O) groups is 1. The number of halogens is 6. The fraction of sp³-hybridized carbons (Fsp3) is 0.571. The van der Waals surface area contributed by atoms with Crippen LogP contribution in [0.1, 0.15) is 42.5 Å². The van der Waals surface area contributed by atoms with Crippen LogP contribution < -0.4 is 10.5 Å². The third-order valence-corrected chi connectivity index (χ3v) is 6.37. The van der Waals surface area contributed by atoms with Crippen LogP contribution in [0.2, 0.25) is 0 Å². The Morgan fingerprint density at radius 1 is 1.00 bits per heavy atom. The summed E-state index contributed by atoms with van der Waals surface area (Å²) < 4.78 is 76.8. The standard InChI is InChI=1S/C21H22F6N6O2/c22-20(23,24)13-11-28-18(29-12-13)33-8-6-32(7-9-33)17(35)19(4-5-19)3-1-2-14-10-15(21(25,26)27)16(34)31-30-14/h10-12H,1-9H2,(H,31,34). The number of aromatic amines is 1. The maximum atomic E-state index is 13.1. The Labute approximate surface area is 195 Å². The summed E-state index contributed by atoms with van der Waals surface area (Å²) in [5.41, 5.74) is -3.98. The van der Waals surface area contributed by atoms with Crippen molar-refractivity contribution in [2.45, 2.75) is 44.5 Å². The zero-order valence-corrected chi connectivity index (χ0v) is 18.4. The number of nitrogens with one attached hydrogen (secondary N) is 1. The van der Waals surface area contributed by atoms with Gasteiger partial charge in [-0.1, -0.05) is 0 Å². The van der Waals surface area contributed by atoms with E-state index in [2.05, 4.69) is 15.1 Å². The Balaban J connectivity index is 1.29. The fourth-order valence-corrected chi connectivity index (χ4v) is 4.19. The molecule has 0 atom stereocenters. The molecule has 1 aliphatic carbocycles. The van der Waals surface area contributed by atoms with Gasteiger partial charge in [-0.25, -0.2) is 15.1 Å².